The molecular formula is C21H23F3N2O4S. The number of amides is 2. The van der Waals surface area contributed by atoms with Crippen LogP contribution in [0, 0.1) is 0 Å². The third-order valence-corrected chi connectivity index (χ3v) is 6.48. The van der Waals surface area contributed by atoms with Gasteiger partial charge in [0.1, 0.15) is 5.75 Å². The summed E-state index contributed by atoms with van der Waals surface area (Å²) in [5.74, 6) is -0.697. The van der Waals surface area contributed by atoms with Gasteiger partial charge in [-0.1, -0.05) is 26.0 Å². The number of carbonyl (C=O) groups excluding carboxylic acids is 1. The van der Waals surface area contributed by atoms with E-state index in [0.717, 1.165) is 66.1 Å². The molecule has 0 radical (unpaired) electrons. The molecule has 0 aromatic heterocycles. The van der Waals surface area contributed by atoms with Crippen LogP contribution in [0.25, 0.3) is 0 Å². The van der Waals surface area contributed by atoms with Gasteiger partial charge in [-0.05, 0) is 66.5 Å². The molecule has 0 heterocycles. The van der Waals surface area contributed by atoms with Crippen LogP contribution in [0.1, 0.15) is 42.5 Å². The summed E-state index contributed by atoms with van der Waals surface area (Å²) in [4.78, 5) is 12.0. The molecule has 1 aliphatic rings. The van der Waals surface area contributed by atoms with Gasteiger partial charge in [0.05, 0.1) is 4.90 Å². The van der Waals surface area contributed by atoms with Crippen molar-refractivity contribution in [1.82, 2.24) is 4.72 Å². The summed E-state index contributed by atoms with van der Waals surface area (Å²) in [6.45, 7) is 3.97. The first-order valence-electron chi connectivity index (χ1n) is 9.90. The van der Waals surface area contributed by atoms with E-state index in [1.165, 1.54) is 0 Å². The van der Waals surface area contributed by atoms with Crippen LogP contribution in [-0.4, -0.2) is 20.8 Å². The van der Waals surface area contributed by atoms with Crippen LogP contribution in [0.15, 0.2) is 35.2 Å². The van der Waals surface area contributed by atoms with E-state index in [4.69, 9.17) is 0 Å². The highest BCUT2D eigenvalue weighted by Crippen LogP contribution is 2.35. The van der Waals surface area contributed by atoms with Crippen molar-refractivity contribution in [3.8, 4) is 5.75 Å². The summed E-state index contributed by atoms with van der Waals surface area (Å²) in [5, 5.41) is 2.67. The fourth-order valence-corrected chi connectivity index (χ4v) is 4.82. The molecule has 10 heteroatoms. The fraction of sp³-hybridized carbons (Fsp3) is 0.381. The number of anilines is 1. The van der Waals surface area contributed by atoms with Crippen molar-refractivity contribution in [2.75, 3.05) is 5.32 Å². The van der Waals surface area contributed by atoms with Gasteiger partial charge < -0.3 is 10.1 Å². The minimum absolute atomic E-state index is 0.521. The average Bonchev–Trinajstić information content (AvgIpc) is 3.14. The zero-order valence-electron chi connectivity index (χ0n) is 17.1. The van der Waals surface area contributed by atoms with E-state index >= 15 is 0 Å². The Hall–Kier alpha value is -2.75. The fourth-order valence-electron chi connectivity index (χ4n) is 3.88. The van der Waals surface area contributed by atoms with Gasteiger partial charge in [0.25, 0.3) is 10.0 Å². The molecule has 168 valence electrons. The number of hydrogen-bond acceptors (Lipinski definition) is 4. The van der Waals surface area contributed by atoms with E-state index in [9.17, 15) is 26.4 Å². The van der Waals surface area contributed by atoms with E-state index in [-0.39, 0.29) is 0 Å². The molecule has 0 fully saturated rings. The summed E-state index contributed by atoms with van der Waals surface area (Å²) in [5.41, 5.74) is 4.82. The lowest BCUT2D eigenvalue weighted by atomic mass is 9.94. The molecule has 2 aromatic rings. The van der Waals surface area contributed by atoms with Crippen LogP contribution in [0.5, 0.6) is 5.75 Å². The second kappa shape index (κ2) is 8.78. The second-order valence-corrected chi connectivity index (χ2v) is 8.85. The quantitative estimate of drug-likeness (QED) is 0.660. The number of sulfonamides is 1. The predicted octanol–water partition coefficient (Wildman–Crippen LogP) is 4.71. The number of urea groups is 1. The van der Waals surface area contributed by atoms with E-state index in [1.54, 1.807) is 0 Å². The highest BCUT2D eigenvalue weighted by Gasteiger charge is 2.32. The maximum absolute atomic E-state index is 12.6. The lowest BCUT2D eigenvalue weighted by molar-refractivity contribution is -0.274. The first-order valence-corrected chi connectivity index (χ1v) is 11.4. The average molecular weight is 456 g/mol. The number of rotatable bonds is 6. The number of ether oxygens (including phenoxy) is 1. The van der Waals surface area contributed by atoms with E-state index in [1.807, 2.05) is 18.6 Å². The molecule has 0 saturated heterocycles. The third-order valence-electron chi connectivity index (χ3n) is 5.15. The van der Waals surface area contributed by atoms with Gasteiger partial charge in [-0.2, -0.15) is 0 Å². The van der Waals surface area contributed by atoms with Gasteiger partial charge in [-0.15, -0.1) is 13.2 Å². The van der Waals surface area contributed by atoms with Crippen molar-refractivity contribution in [1.29, 1.82) is 0 Å². The molecule has 0 spiro atoms. The minimum Gasteiger partial charge on any atom is -0.406 e. The molecule has 6 nitrogen and oxygen atoms in total. The predicted molar refractivity (Wildman–Crippen MR) is 110 cm³/mol. The van der Waals surface area contributed by atoms with Gasteiger partial charge in [-0.3, -0.25) is 0 Å². The van der Waals surface area contributed by atoms with Crippen LogP contribution in [0.2, 0.25) is 0 Å². The standard InChI is InChI=1S/C21H23F3N2O4S/c1-3-13-11-14-7-5-10-18(14)19(17(13)4-2)25-20(27)26-31(28,29)16-9-6-8-15(12-16)30-21(22,23)24/h6,8-9,11-12H,3-5,7,10H2,1-2H3,(H2,25,26,27). The topological polar surface area (TPSA) is 84.5 Å². The zero-order chi connectivity index (χ0) is 22.8. The number of fused-ring (bicyclic) bond motifs is 1. The lowest BCUT2D eigenvalue weighted by Crippen LogP contribution is -2.35. The summed E-state index contributed by atoms with van der Waals surface area (Å²) in [6.07, 6.45) is -0.897. The number of hydrogen-bond donors (Lipinski definition) is 2. The van der Waals surface area contributed by atoms with E-state index in [2.05, 4.69) is 16.1 Å². The number of benzene rings is 2. The molecule has 31 heavy (non-hydrogen) atoms. The zero-order valence-corrected chi connectivity index (χ0v) is 17.9. The lowest BCUT2D eigenvalue weighted by Gasteiger charge is -2.19. The second-order valence-electron chi connectivity index (χ2n) is 7.17. The molecule has 1 aliphatic carbocycles. The number of halogens is 3. The van der Waals surface area contributed by atoms with Crippen molar-refractivity contribution in [3.63, 3.8) is 0 Å². The van der Waals surface area contributed by atoms with Crippen LogP contribution in [0.4, 0.5) is 23.7 Å². The van der Waals surface area contributed by atoms with E-state index in [0.29, 0.717) is 18.2 Å². The maximum atomic E-state index is 12.6. The Balaban J connectivity index is 1.85. The number of aryl methyl sites for hydroxylation is 2. The summed E-state index contributed by atoms with van der Waals surface area (Å²) in [7, 11) is -4.42. The summed E-state index contributed by atoms with van der Waals surface area (Å²) >= 11 is 0. The van der Waals surface area contributed by atoms with Crippen LogP contribution in [-0.2, 0) is 35.7 Å². The van der Waals surface area contributed by atoms with Crippen molar-refractivity contribution in [3.05, 3.63) is 52.6 Å². The first-order chi connectivity index (χ1) is 14.5. The molecule has 0 saturated carbocycles. The van der Waals surface area contributed by atoms with Crippen molar-refractivity contribution in [2.24, 2.45) is 0 Å². The van der Waals surface area contributed by atoms with Crippen molar-refractivity contribution >= 4 is 21.7 Å². The Bertz CT molecular complexity index is 1100. The minimum atomic E-state index is -4.96. The Morgan fingerprint density at radius 3 is 2.52 bits per heavy atom. The SMILES string of the molecule is CCc1cc2c(c(NC(=O)NS(=O)(=O)c3cccc(OC(F)(F)F)c3)c1CC)CCC2. The molecule has 0 atom stereocenters. The van der Waals surface area contributed by atoms with Crippen LogP contribution >= 0.6 is 0 Å². The normalized spacial score (nSPS) is 13.6. The molecule has 2 aromatic carbocycles. The Kier molecular flexibility index (Phi) is 6.49. The summed E-state index contributed by atoms with van der Waals surface area (Å²) in [6, 6.07) is 5.02. The molecule has 2 amide bonds. The number of nitrogens with one attached hydrogen (secondary N) is 2. The van der Waals surface area contributed by atoms with Crippen molar-refractivity contribution < 1.29 is 31.1 Å². The van der Waals surface area contributed by atoms with Crippen LogP contribution < -0.4 is 14.8 Å². The van der Waals surface area contributed by atoms with Gasteiger partial charge >= 0.3 is 12.4 Å². The first kappa shape index (κ1) is 22.9. The molecule has 0 unspecified atom stereocenters. The monoisotopic (exact) mass is 456 g/mol. The van der Waals surface area contributed by atoms with Gasteiger partial charge in [0.2, 0.25) is 0 Å². The Morgan fingerprint density at radius 1 is 1.13 bits per heavy atom. The number of carbonyl (C=O) groups is 1. The van der Waals surface area contributed by atoms with Crippen molar-refractivity contribution in [2.45, 2.75) is 57.2 Å². The molecule has 0 aliphatic heterocycles. The third kappa shape index (κ3) is 5.30. The summed E-state index contributed by atoms with van der Waals surface area (Å²) < 4.78 is 68.0. The molecule has 0 bridgehead atoms. The highest BCUT2D eigenvalue weighted by molar-refractivity contribution is 7.90. The molecular weight excluding hydrogens is 433 g/mol. The Morgan fingerprint density at radius 2 is 1.87 bits per heavy atom. The highest BCUT2D eigenvalue weighted by atomic mass is 32.2. The molecule has 2 N–H and O–H groups in total. The molecule has 3 rings (SSSR count). The van der Waals surface area contributed by atoms with Crippen LogP contribution in [0.3, 0.4) is 0 Å². The van der Waals surface area contributed by atoms with Gasteiger partial charge in [-0.25, -0.2) is 17.9 Å². The smallest absolute Gasteiger partial charge is 0.406 e. The largest absolute Gasteiger partial charge is 0.573 e. The van der Waals surface area contributed by atoms with Gasteiger partial charge in [0.15, 0.2) is 0 Å². The number of alkyl halides is 3. The van der Waals surface area contributed by atoms with Gasteiger partial charge in [0, 0.05) is 11.8 Å². The maximum Gasteiger partial charge on any atom is 0.573 e. The Labute approximate surface area is 178 Å². The van der Waals surface area contributed by atoms with E-state index < -0.39 is 33.1 Å².